The molecular formula is C27H24F3N3O3. The number of nitrogens with zero attached hydrogens (tertiary/aromatic N) is 2. The molecule has 1 aliphatic carbocycles. The minimum Gasteiger partial charge on any atom is -0.493 e. The molecule has 1 N–H and O–H groups in total. The van der Waals surface area contributed by atoms with Gasteiger partial charge in [0, 0.05) is 30.0 Å². The molecule has 0 amide bonds. The summed E-state index contributed by atoms with van der Waals surface area (Å²) in [6, 6.07) is 12.2. The first-order chi connectivity index (χ1) is 17.1. The van der Waals surface area contributed by atoms with Crippen molar-refractivity contribution in [2.45, 2.75) is 50.7 Å². The summed E-state index contributed by atoms with van der Waals surface area (Å²) in [5.41, 5.74) is 1.16. The molecule has 0 radical (unpaired) electrons. The molecule has 2 heterocycles. The van der Waals surface area contributed by atoms with Crippen molar-refractivity contribution < 1.29 is 27.5 Å². The van der Waals surface area contributed by atoms with Crippen LogP contribution in [-0.4, -0.2) is 33.7 Å². The third-order valence-corrected chi connectivity index (χ3v) is 6.83. The monoisotopic (exact) mass is 495 g/mol. The van der Waals surface area contributed by atoms with Crippen molar-refractivity contribution in [3.05, 3.63) is 70.9 Å². The van der Waals surface area contributed by atoms with E-state index >= 15 is 0 Å². The lowest BCUT2D eigenvalue weighted by atomic mass is 9.86. The van der Waals surface area contributed by atoms with E-state index in [1.165, 1.54) is 26.0 Å². The largest absolute Gasteiger partial charge is 0.493 e. The molecule has 5 rings (SSSR count). The first kappa shape index (κ1) is 24.0. The molecule has 0 saturated heterocycles. The van der Waals surface area contributed by atoms with E-state index in [-0.39, 0.29) is 23.2 Å². The number of aromatic nitrogens is 2. The molecule has 1 fully saturated rings. The predicted molar refractivity (Wildman–Crippen MR) is 127 cm³/mol. The van der Waals surface area contributed by atoms with Crippen molar-refractivity contribution in [1.29, 1.82) is 0 Å². The zero-order valence-corrected chi connectivity index (χ0v) is 19.8. The third-order valence-electron chi connectivity index (χ3n) is 6.83. The molecule has 1 saturated carbocycles. The summed E-state index contributed by atoms with van der Waals surface area (Å²) in [4.78, 5) is 33.1. The molecule has 6 nitrogen and oxygen atoms in total. The molecule has 1 atom stereocenters. The average Bonchev–Trinajstić information content (AvgIpc) is 3.63. The van der Waals surface area contributed by atoms with Crippen LogP contribution in [0.3, 0.4) is 0 Å². The van der Waals surface area contributed by atoms with Gasteiger partial charge in [0.25, 0.3) is 0 Å². The van der Waals surface area contributed by atoms with E-state index in [4.69, 9.17) is 4.74 Å². The fourth-order valence-electron chi connectivity index (χ4n) is 4.54. The fraction of sp³-hybridized carbons (Fsp3) is 0.333. The predicted octanol–water partition coefficient (Wildman–Crippen LogP) is 5.81. The number of fused-ring (bicyclic) bond motifs is 1. The Kier molecular flexibility index (Phi) is 5.81. The smallest absolute Gasteiger partial charge is 0.416 e. The van der Waals surface area contributed by atoms with Crippen LogP contribution in [0.5, 0.6) is 5.75 Å². The molecule has 1 unspecified atom stereocenters. The van der Waals surface area contributed by atoms with Gasteiger partial charge >= 0.3 is 6.18 Å². The van der Waals surface area contributed by atoms with Gasteiger partial charge in [-0.25, -0.2) is 9.97 Å². The molecule has 0 bridgehead atoms. The van der Waals surface area contributed by atoms with Crippen molar-refractivity contribution >= 4 is 17.4 Å². The number of Topliss-reactive ketones (excluding diaryl/α,β-unsaturated/α-hetero) is 2. The van der Waals surface area contributed by atoms with Gasteiger partial charge < -0.3 is 10.1 Å². The van der Waals surface area contributed by atoms with Gasteiger partial charge in [0.2, 0.25) is 0 Å². The van der Waals surface area contributed by atoms with Crippen LogP contribution >= 0.6 is 0 Å². The van der Waals surface area contributed by atoms with Gasteiger partial charge in [0.05, 0.1) is 17.7 Å². The van der Waals surface area contributed by atoms with Crippen LogP contribution in [0.4, 0.5) is 19.0 Å². The van der Waals surface area contributed by atoms with E-state index in [9.17, 15) is 22.8 Å². The number of anilines is 1. The lowest BCUT2D eigenvalue weighted by Gasteiger charge is -2.27. The van der Waals surface area contributed by atoms with Crippen LogP contribution < -0.4 is 10.1 Å². The Bertz CT molecular complexity index is 1350. The summed E-state index contributed by atoms with van der Waals surface area (Å²) in [5, 5.41) is 3.18. The number of alkyl halides is 3. The minimum atomic E-state index is -4.38. The lowest BCUT2D eigenvalue weighted by molar-refractivity contribution is -0.137. The van der Waals surface area contributed by atoms with E-state index in [0.29, 0.717) is 48.8 Å². The molecule has 1 aromatic heterocycles. The highest BCUT2D eigenvalue weighted by Gasteiger charge is 2.47. The van der Waals surface area contributed by atoms with E-state index < -0.39 is 17.3 Å². The lowest BCUT2D eigenvalue weighted by Crippen LogP contribution is -2.30. The van der Waals surface area contributed by atoms with E-state index in [0.717, 1.165) is 23.3 Å². The maximum atomic E-state index is 13.0. The van der Waals surface area contributed by atoms with E-state index in [2.05, 4.69) is 15.3 Å². The Hall–Kier alpha value is -3.75. The Balaban J connectivity index is 1.48. The SMILES string of the molecule is CC(=O)c1cc(NC2(C(C)=O)CC2)nc(-c2ccc3c(c2)OCCC3c2ccc(C(F)(F)F)cc2)n1. The van der Waals surface area contributed by atoms with Crippen LogP contribution in [0, 0.1) is 0 Å². The maximum absolute atomic E-state index is 13.0. The van der Waals surface area contributed by atoms with Crippen LogP contribution in [0.1, 0.15) is 66.2 Å². The first-order valence-electron chi connectivity index (χ1n) is 11.7. The van der Waals surface area contributed by atoms with Crippen LogP contribution in [0.2, 0.25) is 0 Å². The highest BCUT2D eigenvalue weighted by Crippen LogP contribution is 2.42. The van der Waals surface area contributed by atoms with Gasteiger partial charge in [-0.05, 0) is 49.9 Å². The molecule has 0 spiro atoms. The molecule has 3 aromatic rings. The van der Waals surface area contributed by atoms with Crippen molar-refractivity contribution in [1.82, 2.24) is 9.97 Å². The third kappa shape index (κ3) is 4.57. The van der Waals surface area contributed by atoms with Crippen LogP contribution in [0.25, 0.3) is 11.4 Å². The zero-order valence-electron chi connectivity index (χ0n) is 19.8. The van der Waals surface area contributed by atoms with E-state index in [1.54, 1.807) is 12.1 Å². The first-order valence-corrected chi connectivity index (χ1v) is 11.7. The topological polar surface area (TPSA) is 81.2 Å². The second-order valence-electron chi connectivity index (χ2n) is 9.34. The molecular weight excluding hydrogens is 471 g/mol. The number of hydrogen-bond donors (Lipinski definition) is 1. The van der Waals surface area contributed by atoms with E-state index in [1.807, 2.05) is 12.1 Å². The van der Waals surface area contributed by atoms with Gasteiger partial charge in [-0.3, -0.25) is 9.59 Å². The quantitative estimate of drug-likeness (QED) is 0.435. The number of hydrogen-bond acceptors (Lipinski definition) is 6. The maximum Gasteiger partial charge on any atom is 0.416 e. The summed E-state index contributed by atoms with van der Waals surface area (Å²) >= 11 is 0. The Morgan fingerprint density at radius 2 is 1.75 bits per heavy atom. The standard InChI is InChI=1S/C27H24F3N3O3/c1-15(34)22-14-24(33-26(10-11-26)16(2)35)32-25(31-22)18-5-8-21-20(9-12-36-23(21)13-18)17-3-6-19(7-4-17)27(28,29)30/h3-8,13-14,20H,9-12H2,1-2H3,(H,31,32,33). The fourth-order valence-corrected chi connectivity index (χ4v) is 4.54. The van der Waals surface area contributed by atoms with Crippen molar-refractivity contribution in [3.8, 4) is 17.1 Å². The number of nitrogens with one attached hydrogen (secondary N) is 1. The number of ether oxygens (including phenoxy) is 1. The van der Waals surface area contributed by atoms with Gasteiger partial charge in [0.1, 0.15) is 17.3 Å². The zero-order chi connectivity index (χ0) is 25.7. The normalized spacial score (nSPS) is 18.1. The average molecular weight is 496 g/mol. The van der Waals surface area contributed by atoms with Gasteiger partial charge in [-0.15, -0.1) is 0 Å². The molecule has 186 valence electrons. The van der Waals surface area contributed by atoms with Crippen LogP contribution in [0.15, 0.2) is 48.5 Å². The highest BCUT2D eigenvalue weighted by molar-refractivity contribution is 5.95. The molecule has 1 aliphatic heterocycles. The Morgan fingerprint density at radius 3 is 2.36 bits per heavy atom. The number of benzene rings is 2. The second kappa shape index (κ2) is 8.72. The molecule has 2 aromatic carbocycles. The molecule has 9 heteroatoms. The number of carbonyl (C=O) groups excluding carboxylic acids is 2. The Labute approximate surface area is 205 Å². The Morgan fingerprint density at radius 1 is 1.03 bits per heavy atom. The summed E-state index contributed by atoms with van der Waals surface area (Å²) < 4.78 is 44.8. The molecule has 2 aliphatic rings. The van der Waals surface area contributed by atoms with Crippen molar-refractivity contribution in [3.63, 3.8) is 0 Å². The summed E-state index contributed by atoms with van der Waals surface area (Å²) in [6.45, 7) is 3.35. The summed E-state index contributed by atoms with van der Waals surface area (Å²) in [6.07, 6.45) is -2.34. The number of rotatable bonds is 6. The molecule has 36 heavy (non-hydrogen) atoms. The van der Waals surface area contributed by atoms with Crippen molar-refractivity contribution in [2.75, 3.05) is 11.9 Å². The summed E-state index contributed by atoms with van der Waals surface area (Å²) in [5.74, 6) is 0.982. The van der Waals surface area contributed by atoms with Crippen molar-refractivity contribution in [2.24, 2.45) is 0 Å². The highest BCUT2D eigenvalue weighted by atomic mass is 19.4. The van der Waals surface area contributed by atoms with Gasteiger partial charge in [-0.1, -0.05) is 24.3 Å². The summed E-state index contributed by atoms with van der Waals surface area (Å²) in [7, 11) is 0. The number of carbonyl (C=O) groups is 2. The number of ketones is 2. The van der Waals surface area contributed by atoms with Gasteiger partial charge in [-0.2, -0.15) is 13.2 Å². The number of halogens is 3. The van der Waals surface area contributed by atoms with Crippen LogP contribution in [-0.2, 0) is 11.0 Å². The second-order valence-corrected chi connectivity index (χ2v) is 9.34. The van der Waals surface area contributed by atoms with Gasteiger partial charge in [0.15, 0.2) is 17.4 Å². The minimum absolute atomic E-state index is 0.0172.